The topological polar surface area (TPSA) is 72.7 Å². The first-order valence-electron chi connectivity index (χ1n) is 11.4. The third kappa shape index (κ3) is 4.19. The maximum absolute atomic E-state index is 13.2. The van der Waals surface area contributed by atoms with Gasteiger partial charge >= 0.3 is 0 Å². The van der Waals surface area contributed by atoms with Gasteiger partial charge in [0.15, 0.2) is 5.69 Å². The highest BCUT2D eigenvalue weighted by Crippen LogP contribution is 2.29. The zero-order valence-electron chi connectivity index (χ0n) is 18.2. The highest BCUT2D eigenvalue weighted by Gasteiger charge is 2.33. The van der Waals surface area contributed by atoms with Gasteiger partial charge in [0, 0.05) is 19.1 Å². The van der Waals surface area contributed by atoms with Crippen LogP contribution in [0, 0.1) is 0 Å². The van der Waals surface area contributed by atoms with Crippen molar-refractivity contribution in [2.75, 3.05) is 33.3 Å². The van der Waals surface area contributed by atoms with Gasteiger partial charge in [-0.1, -0.05) is 23.8 Å². The number of ether oxygens (including phenoxy) is 2. The molecule has 1 amide bonds. The number of nitrogens with zero attached hydrogens (tertiary/aromatic N) is 5. The van der Waals surface area contributed by atoms with Crippen molar-refractivity contribution in [3.63, 3.8) is 0 Å². The Morgan fingerprint density at radius 2 is 1.81 bits per heavy atom. The van der Waals surface area contributed by atoms with Gasteiger partial charge in [0.2, 0.25) is 0 Å². The van der Waals surface area contributed by atoms with Crippen LogP contribution >= 0.6 is 0 Å². The van der Waals surface area contributed by atoms with E-state index in [1.807, 2.05) is 33.8 Å². The first-order valence-corrected chi connectivity index (χ1v) is 11.4. The Morgan fingerprint density at radius 3 is 2.52 bits per heavy atom. The summed E-state index contributed by atoms with van der Waals surface area (Å²) in [5.41, 5.74) is 2.30. The van der Waals surface area contributed by atoms with E-state index in [0.717, 1.165) is 42.9 Å². The molecule has 0 unspecified atom stereocenters. The van der Waals surface area contributed by atoms with Crippen molar-refractivity contribution in [2.45, 2.75) is 57.4 Å². The van der Waals surface area contributed by atoms with Crippen LogP contribution in [0.2, 0.25) is 0 Å². The Hall–Kier alpha value is -2.45. The average Bonchev–Trinajstić information content (AvgIpc) is 3.27. The Balaban J connectivity index is 1.21. The molecule has 31 heavy (non-hydrogen) atoms. The molecule has 4 heterocycles. The number of rotatable bonds is 4. The van der Waals surface area contributed by atoms with Gasteiger partial charge in [0.05, 0.1) is 26.0 Å². The Kier molecular flexibility index (Phi) is 5.91. The number of benzene rings is 1. The molecule has 0 N–H and O–H groups in total. The van der Waals surface area contributed by atoms with E-state index < -0.39 is 0 Å². The highest BCUT2D eigenvalue weighted by atomic mass is 16.5. The van der Waals surface area contributed by atoms with E-state index in [1.54, 1.807) is 7.11 Å². The molecule has 3 aliphatic rings. The van der Waals surface area contributed by atoms with E-state index in [0.29, 0.717) is 24.9 Å². The molecule has 3 aliphatic heterocycles. The molecule has 0 radical (unpaired) electrons. The molecule has 8 nitrogen and oxygen atoms in total. The van der Waals surface area contributed by atoms with Gasteiger partial charge in [-0.05, 0) is 56.5 Å². The maximum Gasteiger partial charge on any atom is 0.276 e. The van der Waals surface area contributed by atoms with Crippen LogP contribution in [-0.2, 0) is 17.9 Å². The van der Waals surface area contributed by atoms with Gasteiger partial charge < -0.3 is 19.3 Å². The third-order valence-electron chi connectivity index (χ3n) is 6.95. The van der Waals surface area contributed by atoms with Crippen LogP contribution < -0.4 is 4.74 Å². The third-order valence-corrected chi connectivity index (χ3v) is 6.95. The quantitative estimate of drug-likeness (QED) is 0.750. The predicted molar refractivity (Wildman–Crippen MR) is 115 cm³/mol. The van der Waals surface area contributed by atoms with Crippen LogP contribution in [0.4, 0.5) is 0 Å². The monoisotopic (exact) mass is 425 g/mol. The van der Waals surface area contributed by atoms with E-state index in [4.69, 9.17) is 9.47 Å². The first kappa shape index (κ1) is 20.5. The minimum absolute atomic E-state index is 0.00941. The van der Waals surface area contributed by atoms with Crippen LogP contribution in [-0.4, -0.2) is 70.0 Å². The lowest BCUT2D eigenvalue weighted by Gasteiger charge is -2.40. The number of piperidine rings is 2. The summed E-state index contributed by atoms with van der Waals surface area (Å²) < 4.78 is 13.1. The lowest BCUT2D eigenvalue weighted by molar-refractivity contribution is -0.00207. The number of aromatic nitrogens is 3. The zero-order chi connectivity index (χ0) is 21.2. The fraction of sp³-hybridized carbons (Fsp3) is 0.609. The van der Waals surface area contributed by atoms with Crippen molar-refractivity contribution in [1.29, 1.82) is 0 Å². The highest BCUT2D eigenvalue weighted by molar-refractivity contribution is 5.93. The van der Waals surface area contributed by atoms with Crippen LogP contribution in [0.25, 0.3) is 0 Å². The van der Waals surface area contributed by atoms with Gasteiger partial charge in [-0.2, -0.15) is 0 Å². The molecule has 0 saturated carbocycles. The molecule has 5 rings (SSSR count). The van der Waals surface area contributed by atoms with Crippen LogP contribution in [0.5, 0.6) is 5.75 Å². The maximum atomic E-state index is 13.2. The summed E-state index contributed by atoms with van der Waals surface area (Å²) >= 11 is 0. The lowest BCUT2D eigenvalue weighted by Crippen LogP contribution is -2.48. The van der Waals surface area contributed by atoms with Crippen molar-refractivity contribution >= 4 is 5.91 Å². The number of hydrogen-bond donors (Lipinski definition) is 0. The summed E-state index contributed by atoms with van der Waals surface area (Å²) in [5.74, 6) is 0.808. The summed E-state index contributed by atoms with van der Waals surface area (Å²) in [6.45, 7) is 4.91. The van der Waals surface area contributed by atoms with Crippen LogP contribution in [0.3, 0.4) is 0 Å². The number of fused-ring (bicyclic) bond motifs is 1. The van der Waals surface area contributed by atoms with Crippen molar-refractivity contribution in [2.24, 2.45) is 0 Å². The predicted octanol–water partition coefficient (Wildman–Crippen LogP) is 2.65. The smallest absolute Gasteiger partial charge is 0.276 e. The lowest BCUT2D eigenvalue weighted by atomic mass is 9.99. The Bertz CT molecular complexity index is 898. The van der Waals surface area contributed by atoms with E-state index in [9.17, 15) is 4.79 Å². The van der Waals surface area contributed by atoms with Gasteiger partial charge in [0.1, 0.15) is 11.9 Å². The average molecular weight is 426 g/mol. The summed E-state index contributed by atoms with van der Waals surface area (Å²) in [4.78, 5) is 17.7. The largest absolute Gasteiger partial charge is 0.497 e. The van der Waals surface area contributed by atoms with Crippen molar-refractivity contribution in [3.8, 4) is 5.75 Å². The minimum atomic E-state index is -0.108. The molecule has 2 saturated heterocycles. The number of likely N-dealkylation sites (tertiary alicyclic amines) is 2. The van der Waals surface area contributed by atoms with E-state index >= 15 is 0 Å². The fourth-order valence-corrected chi connectivity index (χ4v) is 5.07. The Morgan fingerprint density at radius 1 is 1.06 bits per heavy atom. The number of hydrogen-bond acceptors (Lipinski definition) is 6. The second kappa shape index (κ2) is 8.96. The van der Waals surface area contributed by atoms with Gasteiger partial charge in [0.25, 0.3) is 5.91 Å². The Labute approximate surface area is 183 Å². The van der Waals surface area contributed by atoms with Crippen molar-refractivity contribution in [3.05, 3.63) is 41.2 Å². The van der Waals surface area contributed by atoms with E-state index in [-0.39, 0.29) is 12.0 Å². The van der Waals surface area contributed by atoms with Gasteiger partial charge in [-0.15, -0.1) is 5.10 Å². The van der Waals surface area contributed by atoms with E-state index in [1.165, 1.54) is 32.4 Å². The number of amides is 1. The zero-order valence-corrected chi connectivity index (χ0v) is 18.2. The molecule has 1 atom stereocenters. The second-order valence-electron chi connectivity index (χ2n) is 8.76. The van der Waals surface area contributed by atoms with Crippen LogP contribution in [0.15, 0.2) is 24.3 Å². The first-order chi connectivity index (χ1) is 15.2. The SMILES string of the molecule is COc1ccc([C@@H]2Cn3nnc(C(=O)N4CCC(N5CCCCC5)CC4)c3CO2)cc1. The summed E-state index contributed by atoms with van der Waals surface area (Å²) in [6, 6.07) is 8.48. The van der Waals surface area contributed by atoms with E-state index in [2.05, 4.69) is 15.2 Å². The fourth-order valence-electron chi connectivity index (χ4n) is 5.07. The molecule has 0 spiro atoms. The second-order valence-corrected chi connectivity index (χ2v) is 8.76. The number of carbonyl (C=O) groups is 1. The molecule has 1 aromatic heterocycles. The standard InChI is InChI=1S/C23H31N5O3/c1-30-19-7-5-17(6-8-19)21-15-28-20(16-31-21)22(24-25-28)23(29)27-13-9-18(10-14-27)26-11-3-2-4-12-26/h5-8,18,21H,2-4,9-16H2,1H3/t21-/m0/s1. The van der Waals surface area contributed by atoms with Gasteiger partial charge in [-0.25, -0.2) is 4.68 Å². The van der Waals surface area contributed by atoms with Crippen LogP contribution in [0.1, 0.15) is 60.0 Å². The van der Waals surface area contributed by atoms with Crippen molar-refractivity contribution in [1.82, 2.24) is 24.8 Å². The molecule has 2 fully saturated rings. The summed E-state index contributed by atoms with van der Waals surface area (Å²) in [6.07, 6.45) is 5.96. The normalized spacial score (nSPS) is 22.9. The molecule has 0 bridgehead atoms. The molecule has 166 valence electrons. The molecule has 1 aromatic carbocycles. The molecular formula is C23H31N5O3. The number of carbonyl (C=O) groups excluding carboxylic acids is 1. The number of methoxy groups -OCH3 is 1. The van der Waals surface area contributed by atoms with Gasteiger partial charge in [-0.3, -0.25) is 4.79 Å². The summed E-state index contributed by atoms with van der Waals surface area (Å²) in [5, 5.41) is 8.53. The minimum Gasteiger partial charge on any atom is -0.497 e. The molecule has 8 heteroatoms. The molecule has 2 aromatic rings. The van der Waals surface area contributed by atoms with Crippen molar-refractivity contribution < 1.29 is 14.3 Å². The molecule has 0 aliphatic carbocycles. The summed E-state index contributed by atoms with van der Waals surface area (Å²) in [7, 11) is 1.66. The molecular weight excluding hydrogens is 394 g/mol.